The van der Waals surface area contributed by atoms with Crippen LogP contribution in [0.5, 0.6) is 5.75 Å². The fourth-order valence-electron chi connectivity index (χ4n) is 1.04. The number of carbonyl (C=O) groups is 2. The lowest BCUT2D eigenvalue weighted by Gasteiger charge is -2.04. The molecule has 1 atom stereocenters. The molecule has 0 saturated carbocycles. The number of carbonyl (C=O) groups excluding carboxylic acids is 2. The number of nitrogens with zero attached hydrogens (tertiary/aromatic N) is 1. The lowest BCUT2D eigenvalue weighted by molar-refractivity contribution is -0.136. The number of ether oxygens (including phenoxy) is 1. The zero-order chi connectivity index (χ0) is 12.0. The maximum atomic E-state index is 11.3. The molecule has 0 aromatic carbocycles. The molecule has 1 heterocycles. The van der Waals surface area contributed by atoms with Gasteiger partial charge in [0.05, 0.1) is 18.7 Å². The summed E-state index contributed by atoms with van der Waals surface area (Å²) in [5.41, 5.74) is 5.36. The molecule has 1 aromatic rings. The highest BCUT2D eigenvalue weighted by molar-refractivity contribution is 5.86. The van der Waals surface area contributed by atoms with Gasteiger partial charge in [-0.25, -0.2) is 0 Å². The van der Waals surface area contributed by atoms with E-state index < -0.39 is 12.0 Å². The van der Waals surface area contributed by atoms with Crippen molar-refractivity contribution in [3.63, 3.8) is 0 Å². The predicted molar refractivity (Wildman–Crippen MR) is 57.8 cm³/mol. The summed E-state index contributed by atoms with van der Waals surface area (Å²) in [6, 6.07) is 2.75. The molecule has 0 radical (unpaired) electrons. The third kappa shape index (κ3) is 4.18. The van der Waals surface area contributed by atoms with E-state index in [1.807, 2.05) is 0 Å². The second kappa shape index (κ2) is 5.97. The van der Waals surface area contributed by atoms with Crippen molar-refractivity contribution in [2.24, 2.45) is 5.73 Å². The molecule has 86 valence electrons. The lowest BCUT2D eigenvalue weighted by Crippen LogP contribution is -2.27. The van der Waals surface area contributed by atoms with Gasteiger partial charge in [-0.15, -0.1) is 0 Å². The number of Topliss-reactive ketones (excluding diaryl/α,β-unsaturated/α-hetero) is 1. The largest absolute Gasteiger partial charge is 0.425 e. The Kier molecular flexibility index (Phi) is 4.60. The molecule has 0 bridgehead atoms. The highest BCUT2D eigenvalue weighted by Gasteiger charge is 2.11. The van der Waals surface area contributed by atoms with Crippen LogP contribution in [-0.2, 0) is 9.59 Å². The van der Waals surface area contributed by atoms with Gasteiger partial charge in [0.15, 0.2) is 0 Å². The summed E-state index contributed by atoms with van der Waals surface area (Å²) in [6.07, 6.45) is 3.16. The average molecular weight is 222 g/mol. The van der Waals surface area contributed by atoms with Crippen molar-refractivity contribution in [3.8, 4) is 5.75 Å². The van der Waals surface area contributed by atoms with Crippen LogP contribution in [-0.4, -0.2) is 22.8 Å². The van der Waals surface area contributed by atoms with Crippen LogP contribution in [0.2, 0.25) is 0 Å². The molecule has 0 fully saturated rings. The molecule has 0 spiro atoms. The molecule has 0 amide bonds. The van der Waals surface area contributed by atoms with E-state index in [4.69, 9.17) is 10.5 Å². The summed E-state index contributed by atoms with van der Waals surface area (Å²) < 4.78 is 4.95. The zero-order valence-electron chi connectivity index (χ0n) is 9.05. The first kappa shape index (κ1) is 12.3. The minimum Gasteiger partial charge on any atom is -0.425 e. The first-order chi connectivity index (χ1) is 7.59. The van der Waals surface area contributed by atoms with E-state index in [0.29, 0.717) is 5.75 Å². The van der Waals surface area contributed by atoms with Gasteiger partial charge in [-0.2, -0.15) is 0 Å². The van der Waals surface area contributed by atoms with E-state index in [2.05, 4.69) is 4.98 Å². The molecule has 1 rings (SSSR count). The van der Waals surface area contributed by atoms with Crippen LogP contribution in [0, 0.1) is 0 Å². The van der Waals surface area contributed by atoms with Crippen LogP contribution in [0.15, 0.2) is 24.5 Å². The molecular weight excluding hydrogens is 208 g/mol. The number of pyridine rings is 1. The molecule has 1 aromatic heterocycles. The number of aromatic nitrogens is 1. The highest BCUT2D eigenvalue weighted by atomic mass is 16.5. The van der Waals surface area contributed by atoms with Gasteiger partial charge in [-0.1, -0.05) is 0 Å². The molecule has 16 heavy (non-hydrogen) atoms. The summed E-state index contributed by atoms with van der Waals surface area (Å²) in [7, 11) is 0. The molecule has 5 heteroatoms. The van der Waals surface area contributed by atoms with Gasteiger partial charge in [-0.3, -0.25) is 14.6 Å². The number of nitrogens with two attached hydrogens (primary N) is 1. The quantitative estimate of drug-likeness (QED) is 0.741. The van der Waals surface area contributed by atoms with Crippen molar-refractivity contribution in [1.82, 2.24) is 4.98 Å². The van der Waals surface area contributed by atoms with E-state index in [9.17, 15) is 9.59 Å². The molecular formula is C11H14N2O3. The Hall–Kier alpha value is -1.75. The number of rotatable bonds is 5. The molecule has 0 aliphatic rings. The van der Waals surface area contributed by atoms with Gasteiger partial charge < -0.3 is 10.5 Å². The SMILES string of the molecule is CC(N)C(=O)CCC(=O)Oc1cccnc1. The van der Waals surface area contributed by atoms with Crippen LogP contribution < -0.4 is 10.5 Å². The van der Waals surface area contributed by atoms with Crippen molar-refractivity contribution < 1.29 is 14.3 Å². The summed E-state index contributed by atoms with van der Waals surface area (Å²) in [4.78, 5) is 26.2. The molecule has 1 unspecified atom stereocenters. The van der Waals surface area contributed by atoms with E-state index in [1.165, 1.54) is 6.20 Å². The first-order valence-electron chi connectivity index (χ1n) is 4.98. The fraction of sp³-hybridized carbons (Fsp3) is 0.364. The topological polar surface area (TPSA) is 82.3 Å². The van der Waals surface area contributed by atoms with Crippen LogP contribution in [0.25, 0.3) is 0 Å². The summed E-state index contributed by atoms with van der Waals surface area (Å²) in [5, 5.41) is 0. The van der Waals surface area contributed by atoms with Gasteiger partial charge >= 0.3 is 5.97 Å². The zero-order valence-corrected chi connectivity index (χ0v) is 9.05. The van der Waals surface area contributed by atoms with Crippen LogP contribution in [0.4, 0.5) is 0 Å². The molecule has 2 N–H and O–H groups in total. The number of hydrogen-bond acceptors (Lipinski definition) is 5. The van der Waals surface area contributed by atoms with Crippen molar-refractivity contribution in [3.05, 3.63) is 24.5 Å². The van der Waals surface area contributed by atoms with Crippen LogP contribution >= 0.6 is 0 Å². The standard InChI is InChI=1S/C11H14N2O3/c1-8(12)10(14)4-5-11(15)16-9-3-2-6-13-7-9/h2-3,6-8H,4-5,12H2,1H3. The van der Waals surface area contributed by atoms with E-state index in [-0.39, 0.29) is 18.6 Å². The molecule has 5 nitrogen and oxygen atoms in total. The Bertz CT molecular complexity index is 363. The van der Waals surface area contributed by atoms with E-state index >= 15 is 0 Å². The normalized spacial score (nSPS) is 11.9. The fourth-order valence-corrected chi connectivity index (χ4v) is 1.04. The number of hydrogen-bond donors (Lipinski definition) is 1. The monoisotopic (exact) mass is 222 g/mol. The van der Waals surface area contributed by atoms with Gasteiger partial charge in [0.1, 0.15) is 11.5 Å². The average Bonchev–Trinajstić information content (AvgIpc) is 2.27. The Balaban J connectivity index is 2.35. The summed E-state index contributed by atoms with van der Waals surface area (Å²) in [6.45, 7) is 1.59. The summed E-state index contributed by atoms with van der Waals surface area (Å²) in [5.74, 6) is -0.231. The van der Waals surface area contributed by atoms with Crippen molar-refractivity contribution >= 4 is 11.8 Å². The van der Waals surface area contributed by atoms with Crippen molar-refractivity contribution in [2.75, 3.05) is 0 Å². The number of esters is 1. The molecule has 0 aliphatic heterocycles. The molecule has 0 saturated heterocycles. The highest BCUT2D eigenvalue weighted by Crippen LogP contribution is 2.08. The number of ketones is 1. The predicted octanol–water partition coefficient (Wildman–Crippen LogP) is 0.683. The van der Waals surface area contributed by atoms with Gasteiger partial charge in [0, 0.05) is 12.6 Å². The Labute approximate surface area is 93.6 Å². The van der Waals surface area contributed by atoms with Gasteiger partial charge in [0.2, 0.25) is 0 Å². The van der Waals surface area contributed by atoms with Gasteiger partial charge in [0.25, 0.3) is 0 Å². The van der Waals surface area contributed by atoms with Crippen LogP contribution in [0.3, 0.4) is 0 Å². The maximum Gasteiger partial charge on any atom is 0.311 e. The maximum absolute atomic E-state index is 11.3. The second-order valence-electron chi connectivity index (χ2n) is 3.42. The first-order valence-corrected chi connectivity index (χ1v) is 4.98. The second-order valence-corrected chi connectivity index (χ2v) is 3.42. The lowest BCUT2D eigenvalue weighted by atomic mass is 10.1. The van der Waals surface area contributed by atoms with Crippen LogP contribution in [0.1, 0.15) is 19.8 Å². The van der Waals surface area contributed by atoms with Gasteiger partial charge in [-0.05, 0) is 19.1 Å². The molecule has 0 aliphatic carbocycles. The minimum atomic E-state index is -0.536. The minimum absolute atomic E-state index is 0.0370. The summed E-state index contributed by atoms with van der Waals surface area (Å²) >= 11 is 0. The third-order valence-electron chi connectivity index (χ3n) is 1.95. The van der Waals surface area contributed by atoms with Crippen molar-refractivity contribution in [1.29, 1.82) is 0 Å². The smallest absolute Gasteiger partial charge is 0.311 e. The van der Waals surface area contributed by atoms with E-state index in [0.717, 1.165) is 0 Å². The van der Waals surface area contributed by atoms with Crippen molar-refractivity contribution in [2.45, 2.75) is 25.8 Å². The Morgan fingerprint density at radius 3 is 2.81 bits per heavy atom. The Morgan fingerprint density at radius 2 is 2.25 bits per heavy atom. The van der Waals surface area contributed by atoms with E-state index in [1.54, 1.807) is 25.3 Å². The third-order valence-corrected chi connectivity index (χ3v) is 1.95. The Morgan fingerprint density at radius 1 is 1.50 bits per heavy atom.